The van der Waals surface area contributed by atoms with Crippen molar-refractivity contribution in [1.82, 2.24) is 0 Å². The summed E-state index contributed by atoms with van der Waals surface area (Å²) in [7, 11) is 1.53. The first kappa shape index (κ1) is 14.8. The quantitative estimate of drug-likeness (QED) is 0.667. The average molecular weight is 324 g/mol. The van der Waals surface area contributed by atoms with Gasteiger partial charge >= 0.3 is 0 Å². The summed E-state index contributed by atoms with van der Waals surface area (Å²) in [4.78, 5) is 0. The van der Waals surface area contributed by atoms with E-state index in [4.69, 9.17) is 16.3 Å². The van der Waals surface area contributed by atoms with Gasteiger partial charge in [-0.2, -0.15) is 0 Å². The zero-order valence-corrected chi connectivity index (χ0v) is 12.6. The lowest BCUT2D eigenvalue weighted by molar-refractivity contribution is 0.401. The first-order valence-electron chi connectivity index (χ1n) is 5.66. The number of hydrogen-bond donors (Lipinski definition) is 0. The molecule has 0 N–H and O–H groups in total. The molecular formula is C13H17BrClFO. The smallest absolute Gasteiger partial charge is 0.141 e. The number of ether oxygens (including phenoxy) is 1. The van der Waals surface area contributed by atoms with Crippen LogP contribution in [0.25, 0.3) is 0 Å². The molecule has 0 radical (unpaired) electrons. The molecule has 0 bridgehead atoms. The predicted molar refractivity (Wildman–Crippen MR) is 73.3 cm³/mol. The van der Waals surface area contributed by atoms with Crippen LogP contribution in [0.3, 0.4) is 0 Å². The van der Waals surface area contributed by atoms with Gasteiger partial charge in [0.2, 0.25) is 0 Å². The summed E-state index contributed by atoms with van der Waals surface area (Å²) in [6.45, 7) is 4.28. The number of rotatable bonds is 5. The lowest BCUT2D eigenvalue weighted by Gasteiger charge is -2.17. The lowest BCUT2D eigenvalue weighted by Crippen LogP contribution is -2.02. The van der Waals surface area contributed by atoms with Crippen molar-refractivity contribution in [2.75, 3.05) is 7.11 Å². The van der Waals surface area contributed by atoms with Crippen LogP contribution in [-0.4, -0.2) is 7.11 Å². The Morgan fingerprint density at radius 1 is 1.47 bits per heavy atom. The number of methoxy groups -OCH3 is 1. The molecule has 96 valence electrons. The summed E-state index contributed by atoms with van der Waals surface area (Å²) < 4.78 is 19.0. The molecule has 0 aliphatic rings. The van der Waals surface area contributed by atoms with Crippen molar-refractivity contribution in [3.63, 3.8) is 0 Å². The Labute approximate surface area is 115 Å². The lowest BCUT2D eigenvalue weighted by atomic mass is 9.98. The van der Waals surface area contributed by atoms with Crippen molar-refractivity contribution in [3.05, 3.63) is 28.0 Å². The van der Waals surface area contributed by atoms with E-state index in [0.29, 0.717) is 16.1 Å². The van der Waals surface area contributed by atoms with Gasteiger partial charge in [0.05, 0.1) is 17.0 Å². The van der Waals surface area contributed by atoms with E-state index in [2.05, 4.69) is 29.8 Å². The molecule has 1 rings (SSSR count). The highest BCUT2D eigenvalue weighted by molar-refractivity contribution is 9.10. The van der Waals surface area contributed by atoms with Gasteiger partial charge in [0.25, 0.3) is 0 Å². The van der Waals surface area contributed by atoms with Crippen LogP contribution >= 0.6 is 27.5 Å². The highest BCUT2D eigenvalue weighted by Gasteiger charge is 2.18. The van der Waals surface area contributed by atoms with E-state index >= 15 is 0 Å². The third-order valence-electron chi connectivity index (χ3n) is 2.92. The Bertz CT molecular complexity index is 384. The van der Waals surface area contributed by atoms with Gasteiger partial charge in [0.15, 0.2) is 0 Å². The fourth-order valence-electron chi connectivity index (χ4n) is 1.61. The van der Waals surface area contributed by atoms with E-state index in [1.807, 2.05) is 0 Å². The molecule has 0 aliphatic carbocycles. The van der Waals surface area contributed by atoms with Gasteiger partial charge in [0.1, 0.15) is 11.6 Å². The second kappa shape index (κ2) is 6.60. The maximum Gasteiger partial charge on any atom is 0.141 e. The molecule has 0 fully saturated rings. The first-order chi connectivity index (χ1) is 7.99. The standard InChI is InChI=1S/C13H17BrClFO/c1-4-8(2)5-11(15)9-6-10(14)12(16)7-13(9)17-3/h6-8,11H,4-5H2,1-3H3. The van der Waals surface area contributed by atoms with Crippen LogP contribution < -0.4 is 4.74 Å². The molecule has 4 heteroatoms. The monoisotopic (exact) mass is 322 g/mol. The Morgan fingerprint density at radius 3 is 2.65 bits per heavy atom. The molecule has 0 amide bonds. The van der Waals surface area contributed by atoms with Crippen LogP contribution in [0.4, 0.5) is 4.39 Å². The molecule has 0 aliphatic heterocycles. The van der Waals surface area contributed by atoms with E-state index < -0.39 is 0 Å². The highest BCUT2D eigenvalue weighted by Crippen LogP contribution is 2.37. The second-order valence-electron chi connectivity index (χ2n) is 4.22. The van der Waals surface area contributed by atoms with Crippen LogP contribution in [0.5, 0.6) is 5.75 Å². The molecule has 17 heavy (non-hydrogen) atoms. The summed E-state index contributed by atoms with van der Waals surface area (Å²) in [6.07, 6.45) is 1.93. The first-order valence-corrected chi connectivity index (χ1v) is 6.89. The Kier molecular flexibility index (Phi) is 5.74. The van der Waals surface area contributed by atoms with Gasteiger partial charge in [-0.3, -0.25) is 0 Å². The van der Waals surface area contributed by atoms with Gasteiger partial charge in [-0.05, 0) is 34.3 Å². The SMILES string of the molecule is CCC(C)CC(Cl)c1cc(Br)c(F)cc1OC. The minimum Gasteiger partial charge on any atom is -0.496 e. The van der Waals surface area contributed by atoms with E-state index in [-0.39, 0.29) is 11.2 Å². The van der Waals surface area contributed by atoms with Crippen LogP contribution in [0.2, 0.25) is 0 Å². The Balaban J connectivity index is 2.99. The summed E-state index contributed by atoms with van der Waals surface area (Å²) in [5.74, 6) is 0.707. The largest absolute Gasteiger partial charge is 0.496 e. The van der Waals surface area contributed by atoms with Crippen molar-refractivity contribution in [1.29, 1.82) is 0 Å². The Morgan fingerprint density at radius 2 is 2.12 bits per heavy atom. The van der Waals surface area contributed by atoms with E-state index in [0.717, 1.165) is 18.4 Å². The van der Waals surface area contributed by atoms with Gasteiger partial charge in [0, 0.05) is 11.6 Å². The molecule has 0 aromatic heterocycles. The molecule has 1 aromatic rings. The zero-order chi connectivity index (χ0) is 13.0. The molecule has 0 spiro atoms. The molecule has 2 unspecified atom stereocenters. The minimum absolute atomic E-state index is 0.156. The maximum absolute atomic E-state index is 13.4. The summed E-state index contributed by atoms with van der Waals surface area (Å²) in [5, 5.41) is -0.156. The van der Waals surface area contributed by atoms with Crippen LogP contribution in [-0.2, 0) is 0 Å². The highest BCUT2D eigenvalue weighted by atomic mass is 79.9. The molecule has 0 saturated carbocycles. The van der Waals surface area contributed by atoms with Gasteiger partial charge < -0.3 is 4.74 Å². The van der Waals surface area contributed by atoms with Crippen molar-refractivity contribution >= 4 is 27.5 Å². The number of hydrogen-bond acceptors (Lipinski definition) is 1. The summed E-state index contributed by atoms with van der Waals surface area (Å²) in [5.41, 5.74) is 0.836. The van der Waals surface area contributed by atoms with E-state index in [1.165, 1.54) is 13.2 Å². The topological polar surface area (TPSA) is 9.23 Å². The van der Waals surface area contributed by atoms with Crippen molar-refractivity contribution in [2.45, 2.75) is 32.1 Å². The fraction of sp³-hybridized carbons (Fsp3) is 0.538. The second-order valence-corrected chi connectivity index (χ2v) is 5.61. The van der Waals surface area contributed by atoms with Gasteiger partial charge in [-0.25, -0.2) is 4.39 Å². The van der Waals surface area contributed by atoms with Gasteiger partial charge in [-0.1, -0.05) is 20.3 Å². The number of halogens is 3. The van der Waals surface area contributed by atoms with Gasteiger partial charge in [-0.15, -0.1) is 11.6 Å². The fourth-order valence-corrected chi connectivity index (χ4v) is 2.45. The Hall–Kier alpha value is -0.280. The van der Waals surface area contributed by atoms with Crippen LogP contribution in [0, 0.1) is 11.7 Å². The third-order valence-corrected chi connectivity index (χ3v) is 3.94. The minimum atomic E-state index is -0.335. The molecule has 2 atom stereocenters. The number of alkyl halides is 1. The number of benzene rings is 1. The average Bonchev–Trinajstić information content (AvgIpc) is 2.31. The normalized spacial score (nSPS) is 14.5. The maximum atomic E-state index is 13.4. The molecule has 0 saturated heterocycles. The predicted octanol–water partition coefficient (Wildman–Crippen LogP) is 5.31. The third kappa shape index (κ3) is 3.85. The van der Waals surface area contributed by atoms with Crippen molar-refractivity contribution in [3.8, 4) is 5.75 Å². The zero-order valence-electron chi connectivity index (χ0n) is 10.3. The summed E-state index contributed by atoms with van der Waals surface area (Å²) >= 11 is 9.54. The van der Waals surface area contributed by atoms with E-state index in [9.17, 15) is 4.39 Å². The molecular weight excluding hydrogens is 306 g/mol. The van der Waals surface area contributed by atoms with Crippen LogP contribution in [0.1, 0.15) is 37.6 Å². The molecule has 1 aromatic carbocycles. The summed E-state index contributed by atoms with van der Waals surface area (Å²) in [6, 6.07) is 3.07. The van der Waals surface area contributed by atoms with Crippen molar-refractivity contribution < 1.29 is 9.13 Å². The molecule has 1 nitrogen and oxygen atoms in total. The van der Waals surface area contributed by atoms with E-state index in [1.54, 1.807) is 6.07 Å². The van der Waals surface area contributed by atoms with Crippen molar-refractivity contribution in [2.24, 2.45) is 5.92 Å². The molecule has 0 heterocycles. The van der Waals surface area contributed by atoms with Crippen LogP contribution in [0.15, 0.2) is 16.6 Å².